The van der Waals surface area contributed by atoms with E-state index in [1.165, 1.54) is 12.3 Å². The normalized spacial score (nSPS) is 11.8. The van der Waals surface area contributed by atoms with Crippen LogP contribution < -0.4 is 0 Å². The number of alkyl halides is 3. The molecule has 2 aromatic rings. The van der Waals surface area contributed by atoms with Crippen molar-refractivity contribution in [3.05, 3.63) is 69.7 Å². The van der Waals surface area contributed by atoms with Crippen LogP contribution in [-0.2, 0) is 17.6 Å². The van der Waals surface area contributed by atoms with E-state index >= 15 is 0 Å². The molecule has 0 atom stereocenters. The van der Waals surface area contributed by atoms with Crippen LogP contribution >= 0.6 is 15.9 Å². The van der Waals surface area contributed by atoms with Crippen LogP contribution in [0, 0.1) is 0 Å². The number of oxime groups is 1. The van der Waals surface area contributed by atoms with Gasteiger partial charge in [-0.1, -0.05) is 51.4 Å². The maximum Gasteiger partial charge on any atom is 0.416 e. The van der Waals surface area contributed by atoms with Crippen molar-refractivity contribution in [2.45, 2.75) is 12.8 Å². The second-order valence-corrected chi connectivity index (χ2v) is 5.08. The molecule has 0 heterocycles. The minimum absolute atomic E-state index is 0.0229. The van der Waals surface area contributed by atoms with Gasteiger partial charge in [-0.05, 0) is 23.8 Å². The Morgan fingerprint density at radius 3 is 2.57 bits per heavy atom. The van der Waals surface area contributed by atoms with E-state index in [9.17, 15) is 13.2 Å². The molecule has 6 heteroatoms. The van der Waals surface area contributed by atoms with E-state index in [0.29, 0.717) is 5.56 Å². The molecule has 0 unspecified atom stereocenters. The predicted molar refractivity (Wildman–Crippen MR) is 78.0 cm³/mol. The Morgan fingerprint density at radius 2 is 1.86 bits per heavy atom. The quantitative estimate of drug-likeness (QED) is 0.556. The molecule has 0 radical (unpaired) electrons. The minimum atomic E-state index is -4.35. The molecular formula is C15H11BrF3NO. The number of hydrogen-bond donors (Lipinski definition) is 0. The van der Waals surface area contributed by atoms with Crippen LogP contribution in [0.15, 0.2) is 58.2 Å². The van der Waals surface area contributed by atoms with Gasteiger partial charge >= 0.3 is 6.18 Å². The second kappa shape index (κ2) is 6.76. The topological polar surface area (TPSA) is 21.6 Å². The molecule has 2 aromatic carbocycles. The van der Waals surface area contributed by atoms with E-state index in [-0.39, 0.29) is 6.61 Å². The van der Waals surface area contributed by atoms with Crippen LogP contribution in [0.4, 0.5) is 13.2 Å². The van der Waals surface area contributed by atoms with E-state index < -0.39 is 11.7 Å². The zero-order chi connectivity index (χ0) is 15.3. The fourth-order valence-corrected chi connectivity index (χ4v) is 2.01. The van der Waals surface area contributed by atoms with Crippen LogP contribution in [0.3, 0.4) is 0 Å². The van der Waals surface area contributed by atoms with Crippen LogP contribution in [0.2, 0.25) is 0 Å². The highest BCUT2D eigenvalue weighted by Gasteiger charge is 2.30. The van der Waals surface area contributed by atoms with Crippen molar-refractivity contribution in [2.75, 3.05) is 0 Å². The molecule has 0 aliphatic rings. The number of nitrogens with zero attached hydrogens (tertiary/aromatic N) is 1. The van der Waals surface area contributed by atoms with Crippen molar-refractivity contribution < 1.29 is 18.0 Å². The summed E-state index contributed by atoms with van der Waals surface area (Å²) in [5.41, 5.74) is 0.536. The van der Waals surface area contributed by atoms with E-state index in [4.69, 9.17) is 4.84 Å². The molecule has 0 saturated heterocycles. The van der Waals surface area contributed by atoms with Crippen molar-refractivity contribution in [1.82, 2.24) is 0 Å². The molecule has 2 nitrogen and oxygen atoms in total. The Morgan fingerprint density at radius 1 is 1.10 bits per heavy atom. The third kappa shape index (κ3) is 4.60. The van der Waals surface area contributed by atoms with Gasteiger partial charge in [0.2, 0.25) is 0 Å². The van der Waals surface area contributed by atoms with Crippen molar-refractivity contribution in [1.29, 1.82) is 0 Å². The third-order valence-corrected chi connectivity index (χ3v) is 3.38. The first-order valence-corrected chi connectivity index (χ1v) is 6.82. The van der Waals surface area contributed by atoms with Crippen LogP contribution in [-0.4, -0.2) is 6.21 Å². The summed E-state index contributed by atoms with van der Waals surface area (Å²) in [7, 11) is 0. The Bertz CT molecular complexity index is 641. The van der Waals surface area contributed by atoms with Gasteiger partial charge in [-0.2, -0.15) is 13.2 Å². The van der Waals surface area contributed by atoms with Crippen molar-refractivity contribution >= 4 is 22.1 Å². The molecular weight excluding hydrogens is 347 g/mol. The van der Waals surface area contributed by atoms with E-state index in [2.05, 4.69) is 21.1 Å². The first-order chi connectivity index (χ1) is 9.97. The monoisotopic (exact) mass is 357 g/mol. The second-order valence-electron chi connectivity index (χ2n) is 4.23. The third-order valence-electron chi connectivity index (χ3n) is 2.66. The summed E-state index contributed by atoms with van der Waals surface area (Å²) >= 11 is 3.35. The summed E-state index contributed by atoms with van der Waals surface area (Å²) in [6.45, 7) is -0.0229. The fraction of sp³-hybridized carbons (Fsp3) is 0.133. The van der Waals surface area contributed by atoms with Gasteiger partial charge in [0.25, 0.3) is 0 Å². The number of benzene rings is 2. The molecule has 0 N–H and O–H groups in total. The molecule has 0 fully saturated rings. The molecule has 0 amide bonds. The minimum Gasteiger partial charge on any atom is -0.391 e. The van der Waals surface area contributed by atoms with Gasteiger partial charge in [0.15, 0.2) is 0 Å². The first-order valence-electron chi connectivity index (χ1n) is 6.03. The molecule has 0 aliphatic carbocycles. The lowest BCUT2D eigenvalue weighted by molar-refractivity contribution is -0.137. The molecule has 2 rings (SSSR count). The van der Waals surface area contributed by atoms with Gasteiger partial charge in [-0.25, -0.2) is 0 Å². The van der Waals surface area contributed by atoms with E-state index in [0.717, 1.165) is 22.2 Å². The predicted octanol–water partition coefficient (Wildman–Crippen LogP) is 5.02. The Hall–Kier alpha value is -1.82. The lowest BCUT2D eigenvalue weighted by Crippen LogP contribution is -2.05. The first kappa shape index (κ1) is 15.6. The Labute approximate surface area is 128 Å². The van der Waals surface area contributed by atoms with Crippen LogP contribution in [0.1, 0.15) is 16.7 Å². The Kier molecular flexibility index (Phi) is 5.01. The lowest BCUT2D eigenvalue weighted by Gasteiger charge is -2.07. The largest absolute Gasteiger partial charge is 0.416 e. The van der Waals surface area contributed by atoms with Crippen molar-refractivity contribution in [3.8, 4) is 0 Å². The van der Waals surface area contributed by atoms with Gasteiger partial charge in [0.05, 0.1) is 11.8 Å². The molecule has 0 aliphatic heterocycles. The van der Waals surface area contributed by atoms with Gasteiger partial charge in [-0.15, -0.1) is 0 Å². The molecule has 0 bridgehead atoms. The maximum atomic E-state index is 12.5. The molecule has 0 spiro atoms. The number of hydrogen-bond acceptors (Lipinski definition) is 2. The van der Waals surface area contributed by atoms with E-state index in [1.807, 2.05) is 24.3 Å². The highest BCUT2D eigenvalue weighted by atomic mass is 79.9. The van der Waals surface area contributed by atoms with Crippen molar-refractivity contribution in [3.63, 3.8) is 0 Å². The van der Waals surface area contributed by atoms with Crippen LogP contribution in [0.5, 0.6) is 0 Å². The number of rotatable bonds is 4. The standard InChI is InChI=1S/C15H11BrF3NO/c16-14-7-2-1-5-12(14)9-20-21-10-11-4-3-6-13(8-11)15(17,18)19/h1-9H,10H2. The van der Waals surface area contributed by atoms with Gasteiger partial charge in [0, 0.05) is 10.0 Å². The zero-order valence-electron chi connectivity index (χ0n) is 10.8. The highest BCUT2D eigenvalue weighted by molar-refractivity contribution is 9.10. The van der Waals surface area contributed by atoms with E-state index in [1.54, 1.807) is 6.07 Å². The fourth-order valence-electron chi connectivity index (χ4n) is 1.62. The average Bonchev–Trinajstić information content (AvgIpc) is 2.45. The van der Waals surface area contributed by atoms with Gasteiger partial charge in [-0.3, -0.25) is 0 Å². The summed E-state index contributed by atoms with van der Waals surface area (Å²) in [6, 6.07) is 12.4. The van der Waals surface area contributed by atoms with Crippen molar-refractivity contribution in [2.24, 2.45) is 5.16 Å². The van der Waals surface area contributed by atoms with Crippen LogP contribution in [0.25, 0.3) is 0 Å². The molecule has 110 valence electrons. The lowest BCUT2D eigenvalue weighted by atomic mass is 10.1. The summed E-state index contributed by atoms with van der Waals surface area (Å²) in [5, 5.41) is 3.75. The molecule has 0 aromatic heterocycles. The summed E-state index contributed by atoms with van der Waals surface area (Å²) in [5.74, 6) is 0. The summed E-state index contributed by atoms with van der Waals surface area (Å²) < 4.78 is 38.5. The van der Waals surface area contributed by atoms with Gasteiger partial charge in [0.1, 0.15) is 6.61 Å². The maximum absolute atomic E-state index is 12.5. The SMILES string of the molecule is FC(F)(F)c1cccc(CON=Cc2ccccc2Br)c1. The highest BCUT2D eigenvalue weighted by Crippen LogP contribution is 2.29. The summed E-state index contributed by atoms with van der Waals surface area (Å²) in [4.78, 5) is 5.03. The smallest absolute Gasteiger partial charge is 0.391 e. The Balaban J connectivity index is 1.97. The number of halogens is 4. The summed E-state index contributed by atoms with van der Waals surface area (Å²) in [6.07, 6.45) is -2.86. The average molecular weight is 358 g/mol. The molecule has 0 saturated carbocycles. The van der Waals surface area contributed by atoms with Gasteiger partial charge < -0.3 is 4.84 Å². The molecule has 21 heavy (non-hydrogen) atoms. The zero-order valence-corrected chi connectivity index (χ0v) is 12.4.